The van der Waals surface area contributed by atoms with Crippen LogP contribution in [-0.4, -0.2) is 20.9 Å². The zero-order chi connectivity index (χ0) is 16.4. The van der Waals surface area contributed by atoms with E-state index >= 15 is 0 Å². The second-order valence-corrected chi connectivity index (χ2v) is 6.31. The van der Waals surface area contributed by atoms with Crippen molar-refractivity contribution in [2.24, 2.45) is 0 Å². The molecule has 0 atom stereocenters. The van der Waals surface area contributed by atoms with Crippen molar-refractivity contribution in [2.45, 2.75) is 18.8 Å². The highest BCUT2D eigenvalue weighted by molar-refractivity contribution is 7.14. The number of hydrogen-bond donors (Lipinski definition) is 1. The molecule has 24 heavy (non-hydrogen) atoms. The highest BCUT2D eigenvalue weighted by Gasteiger charge is 2.26. The number of carbonyl (C=O) groups excluding carboxylic acids is 1. The molecule has 7 heteroatoms. The maximum absolute atomic E-state index is 12.5. The average Bonchev–Trinajstić information content (AvgIpc) is 3.36. The number of rotatable bonds is 5. The Labute approximate surface area is 142 Å². The Hall–Kier alpha value is -2.80. The summed E-state index contributed by atoms with van der Waals surface area (Å²) in [6, 6.07) is 6.88. The number of amides is 1. The molecule has 0 bridgehead atoms. The molecule has 1 saturated carbocycles. The van der Waals surface area contributed by atoms with Crippen LogP contribution in [0.15, 0.2) is 48.2 Å². The number of aromatic nitrogens is 3. The van der Waals surface area contributed by atoms with Crippen LogP contribution in [0, 0.1) is 0 Å². The lowest BCUT2D eigenvalue weighted by atomic mass is 10.2. The highest BCUT2D eigenvalue weighted by Crippen LogP contribution is 2.41. The summed E-state index contributed by atoms with van der Waals surface area (Å²) in [7, 11) is 0. The van der Waals surface area contributed by atoms with Crippen molar-refractivity contribution in [1.82, 2.24) is 15.0 Å². The molecule has 4 rings (SSSR count). The van der Waals surface area contributed by atoms with E-state index in [1.54, 1.807) is 42.9 Å². The van der Waals surface area contributed by atoms with Gasteiger partial charge in [0.25, 0.3) is 5.91 Å². The third kappa shape index (κ3) is 3.26. The predicted octanol–water partition coefficient (Wildman–Crippen LogP) is 3.86. The number of nitrogens with one attached hydrogen (secondary N) is 1. The molecule has 0 aliphatic heterocycles. The standard InChI is InChI=1S/C17H14N4O2S/c22-15(21-17-20-14(10-24-17)11-5-6-11)13-4-2-8-19-16(13)23-12-3-1-7-18-9-12/h1-4,7-11H,5-6H2,(H,20,21,22). The van der Waals surface area contributed by atoms with Crippen LogP contribution < -0.4 is 10.1 Å². The van der Waals surface area contributed by atoms with Crippen molar-refractivity contribution < 1.29 is 9.53 Å². The van der Waals surface area contributed by atoms with E-state index in [4.69, 9.17) is 4.74 Å². The molecule has 0 spiro atoms. The topological polar surface area (TPSA) is 77.0 Å². The third-order valence-electron chi connectivity index (χ3n) is 3.60. The summed E-state index contributed by atoms with van der Waals surface area (Å²) >= 11 is 1.44. The van der Waals surface area contributed by atoms with Gasteiger partial charge in [0.05, 0.1) is 11.9 Å². The number of nitrogens with zero attached hydrogens (tertiary/aromatic N) is 3. The molecule has 3 aromatic rings. The molecule has 6 nitrogen and oxygen atoms in total. The summed E-state index contributed by atoms with van der Waals surface area (Å²) in [4.78, 5) is 25.1. The smallest absolute Gasteiger partial charge is 0.262 e. The molecule has 1 amide bonds. The molecule has 1 fully saturated rings. The van der Waals surface area contributed by atoms with Crippen LogP contribution in [-0.2, 0) is 0 Å². The first-order chi connectivity index (χ1) is 11.8. The molecule has 0 unspecified atom stereocenters. The summed E-state index contributed by atoms with van der Waals surface area (Å²) in [5.41, 5.74) is 1.41. The first-order valence-corrected chi connectivity index (χ1v) is 8.47. The van der Waals surface area contributed by atoms with Crippen molar-refractivity contribution in [1.29, 1.82) is 0 Å². The average molecular weight is 338 g/mol. The molecule has 3 aromatic heterocycles. The Morgan fingerprint density at radius 2 is 2.12 bits per heavy atom. The monoisotopic (exact) mass is 338 g/mol. The first-order valence-electron chi connectivity index (χ1n) is 7.59. The van der Waals surface area contributed by atoms with Crippen LogP contribution >= 0.6 is 11.3 Å². The Kier molecular flexibility index (Phi) is 3.92. The van der Waals surface area contributed by atoms with Crippen molar-refractivity contribution >= 4 is 22.4 Å². The minimum Gasteiger partial charge on any atom is -0.437 e. The second-order valence-electron chi connectivity index (χ2n) is 5.45. The molecular weight excluding hydrogens is 324 g/mol. The first kappa shape index (κ1) is 14.8. The largest absolute Gasteiger partial charge is 0.437 e. The summed E-state index contributed by atoms with van der Waals surface area (Å²) in [6.07, 6.45) is 7.17. The van der Waals surface area contributed by atoms with E-state index in [2.05, 4.69) is 20.3 Å². The minimum atomic E-state index is -0.293. The van der Waals surface area contributed by atoms with E-state index in [-0.39, 0.29) is 11.8 Å². The van der Waals surface area contributed by atoms with Crippen LogP contribution in [0.1, 0.15) is 34.8 Å². The molecule has 1 N–H and O–H groups in total. The van der Waals surface area contributed by atoms with E-state index in [1.807, 2.05) is 5.38 Å². The fourth-order valence-electron chi connectivity index (χ4n) is 2.24. The van der Waals surface area contributed by atoms with Gasteiger partial charge in [0.15, 0.2) is 5.13 Å². The minimum absolute atomic E-state index is 0.238. The fourth-order valence-corrected chi connectivity index (χ4v) is 3.03. The predicted molar refractivity (Wildman–Crippen MR) is 90.6 cm³/mol. The summed E-state index contributed by atoms with van der Waals surface area (Å²) < 4.78 is 5.67. The lowest BCUT2D eigenvalue weighted by Crippen LogP contribution is -2.13. The summed E-state index contributed by atoms with van der Waals surface area (Å²) in [5, 5.41) is 5.42. The SMILES string of the molecule is O=C(Nc1nc(C2CC2)cs1)c1cccnc1Oc1cccnc1. The molecule has 0 aromatic carbocycles. The normalized spacial score (nSPS) is 13.5. The van der Waals surface area contributed by atoms with E-state index in [0.717, 1.165) is 5.69 Å². The van der Waals surface area contributed by atoms with E-state index in [0.29, 0.717) is 22.4 Å². The van der Waals surface area contributed by atoms with Gasteiger partial charge in [0.1, 0.15) is 11.3 Å². The number of pyridine rings is 2. The second kappa shape index (κ2) is 6.37. The third-order valence-corrected chi connectivity index (χ3v) is 4.38. The van der Waals surface area contributed by atoms with Crippen molar-refractivity contribution in [3.8, 4) is 11.6 Å². The molecule has 1 aliphatic rings. The van der Waals surface area contributed by atoms with Gasteiger partial charge in [-0.05, 0) is 37.1 Å². The van der Waals surface area contributed by atoms with Crippen LogP contribution in [0.5, 0.6) is 11.6 Å². The zero-order valence-corrected chi connectivity index (χ0v) is 13.5. The van der Waals surface area contributed by atoms with Crippen LogP contribution in [0.3, 0.4) is 0 Å². The van der Waals surface area contributed by atoms with Crippen LogP contribution in [0.2, 0.25) is 0 Å². The quantitative estimate of drug-likeness (QED) is 0.764. The Morgan fingerprint density at radius 1 is 1.25 bits per heavy atom. The number of ether oxygens (including phenoxy) is 1. The summed E-state index contributed by atoms with van der Waals surface area (Å²) in [5.74, 6) is 1.03. The van der Waals surface area contributed by atoms with E-state index < -0.39 is 0 Å². The number of hydrogen-bond acceptors (Lipinski definition) is 6. The molecular formula is C17H14N4O2S. The number of anilines is 1. The Morgan fingerprint density at radius 3 is 2.92 bits per heavy atom. The zero-order valence-electron chi connectivity index (χ0n) is 12.7. The molecule has 120 valence electrons. The van der Waals surface area contributed by atoms with Crippen LogP contribution in [0.25, 0.3) is 0 Å². The van der Waals surface area contributed by atoms with Gasteiger partial charge in [-0.3, -0.25) is 15.1 Å². The fraction of sp³-hybridized carbons (Fsp3) is 0.176. The van der Waals surface area contributed by atoms with Gasteiger partial charge in [-0.25, -0.2) is 9.97 Å². The van der Waals surface area contributed by atoms with Gasteiger partial charge < -0.3 is 4.74 Å². The van der Waals surface area contributed by atoms with Gasteiger partial charge in [-0.1, -0.05) is 0 Å². The van der Waals surface area contributed by atoms with Gasteiger partial charge in [0, 0.05) is 23.7 Å². The van der Waals surface area contributed by atoms with Crippen molar-refractivity contribution in [3.05, 3.63) is 59.5 Å². The molecule has 1 aliphatic carbocycles. The summed E-state index contributed by atoms with van der Waals surface area (Å²) in [6.45, 7) is 0. The van der Waals surface area contributed by atoms with Crippen molar-refractivity contribution in [2.75, 3.05) is 5.32 Å². The maximum Gasteiger partial charge on any atom is 0.262 e. The molecule has 0 saturated heterocycles. The van der Waals surface area contributed by atoms with Crippen LogP contribution in [0.4, 0.5) is 5.13 Å². The molecule has 3 heterocycles. The Balaban J connectivity index is 1.53. The van der Waals surface area contributed by atoms with Gasteiger partial charge in [-0.2, -0.15) is 0 Å². The Bertz CT molecular complexity index is 862. The van der Waals surface area contributed by atoms with Gasteiger partial charge in [-0.15, -0.1) is 11.3 Å². The van der Waals surface area contributed by atoms with E-state index in [9.17, 15) is 4.79 Å². The maximum atomic E-state index is 12.5. The molecule has 0 radical (unpaired) electrons. The van der Waals surface area contributed by atoms with Gasteiger partial charge in [0.2, 0.25) is 5.88 Å². The lowest BCUT2D eigenvalue weighted by Gasteiger charge is -2.08. The highest BCUT2D eigenvalue weighted by atomic mass is 32.1. The lowest BCUT2D eigenvalue weighted by molar-refractivity contribution is 0.102. The van der Waals surface area contributed by atoms with Gasteiger partial charge >= 0.3 is 0 Å². The van der Waals surface area contributed by atoms with E-state index in [1.165, 1.54) is 24.2 Å². The number of thiazole rings is 1. The van der Waals surface area contributed by atoms with Crippen molar-refractivity contribution in [3.63, 3.8) is 0 Å². The number of carbonyl (C=O) groups is 1.